The third-order valence-electron chi connectivity index (χ3n) is 1.62. The first-order valence-corrected chi connectivity index (χ1v) is 3.87. The molecular weight excluding hydrogens is 154 g/mol. The second kappa shape index (κ2) is 3.34. The molecule has 0 atom stereocenters. The van der Waals surface area contributed by atoms with Gasteiger partial charge in [-0.1, -0.05) is 0 Å². The SMILES string of the molecule is CCOc1cc(N)c(O)cc1C. The van der Waals surface area contributed by atoms with E-state index in [1.54, 1.807) is 12.1 Å². The highest BCUT2D eigenvalue weighted by Crippen LogP contribution is 2.28. The largest absolute Gasteiger partial charge is 0.506 e. The van der Waals surface area contributed by atoms with Crippen LogP contribution in [-0.2, 0) is 0 Å². The molecule has 0 saturated carbocycles. The van der Waals surface area contributed by atoms with Crippen molar-refractivity contribution in [3.63, 3.8) is 0 Å². The summed E-state index contributed by atoms with van der Waals surface area (Å²) in [6.07, 6.45) is 0. The summed E-state index contributed by atoms with van der Waals surface area (Å²) < 4.78 is 5.28. The summed E-state index contributed by atoms with van der Waals surface area (Å²) in [5, 5.41) is 9.21. The number of nitrogen functional groups attached to an aromatic ring is 1. The minimum absolute atomic E-state index is 0.107. The van der Waals surface area contributed by atoms with Crippen LogP contribution in [0.1, 0.15) is 12.5 Å². The predicted octanol–water partition coefficient (Wildman–Crippen LogP) is 1.68. The third-order valence-corrected chi connectivity index (χ3v) is 1.62. The van der Waals surface area contributed by atoms with E-state index in [1.807, 2.05) is 13.8 Å². The summed E-state index contributed by atoms with van der Waals surface area (Å²) in [7, 11) is 0. The maximum atomic E-state index is 9.21. The molecule has 0 aliphatic carbocycles. The van der Waals surface area contributed by atoms with Gasteiger partial charge in [-0.2, -0.15) is 0 Å². The molecule has 0 aliphatic heterocycles. The van der Waals surface area contributed by atoms with E-state index in [0.717, 1.165) is 11.3 Å². The Morgan fingerprint density at radius 2 is 2.17 bits per heavy atom. The number of hydrogen-bond acceptors (Lipinski definition) is 3. The zero-order chi connectivity index (χ0) is 9.14. The van der Waals surface area contributed by atoms with Crippen molar-refractivity contribution < 1.29 is 9.84 Å². The first-order valence-electron chi connectivity index (χ1n) is 3.87. The summed E-state index contributed by atoms with van der Waals surface area (Å²) in [5.41, 5.74) is 6.73. The number of aryl methyl sites for hydroxylation is 1. The molecule has 0 bridgehead atoms. The Hall–Kier alpha value is -1.38. The van der Waals surface area contributed by atoms with Crippen LogP contribution in [0.2, 0.25) is 0 Å². The highest BCUT2D eigenvalue weighted by atomic mass is 16.5. The van der Waals surface area contributed by atoms with Crippen LogP contribution in [0, 0.1) is 6.92 Å². The molecule has 3 heteroatoms. The van der Waals surface area contributed by atoms with Crippen molar-refractivity contribution in [3.05, 3.63) is 17.7 Å². The lowest BCUT2D eigenvalue weighted by molar-refractivity contribution is 0.337. The maximum absolute atomic E-state index is 9.21. The molecule has 1 aromatic carbocycles. The predicted molar refractivity (Wildman–Crippen MR) is 48.4 cm³/mol. The van der Waals surface area contributed by atoms with E-state index >= 15 is 0 Å². The Morgan fingerprint density at radius 3 is 2.75 bits per heavy atom. The molecule has 0 unspecified atom stereocenters. The molecule has 0 saturated heterocycles. The second-order valence-electron chi connectivity index (χ2n) is 2.61. The number of ether oxygens (including phenoxy) is 1. The lowest BCUT2D eigenvalue weighted by Gasteiger charge is -2.08. The Kier molecular flexibility index (Phi) is 2.43. The van der Waals surface area contributed by atoms with Gasteiger partial charge in [0.25, 0.3) is 0 Å². The van der Waals surface area contributed by atoms with Crippen molar-refractivity contribution in [2.24, 2.45) is 0 Å². The maximum Gasteiger partial charge on any atom is 0.139 e. The van der Waals surface area contributed by atoms with Gasteiger partial charge in [0, 0.05) is 6.07 Å². The van der Waals surface area contributed by atoms with Crippen molar-refractivity contribution in [1.82, 2.24) is 0 Å². The van der Waals surface area contributed by atoms with Gasteiger partial charge in [-0.25, -0.2) is 0 Å². The zero-order valence-corrected chi connectivity index (χ0v) is 7.29. The summed E-state index contributed by atoms with van der Waals surface area (Å²) in [4.78, 5) is 0. The number of hydrogen-bond donors (Lipinski definition) is 2. The zero-order valence-electron chi connectivity index (χ0n) is 7.29. The van der Waals surface area contributed by atoms with E-state index in [4.69, 9.17) is 10.5 Å². The second-order valence-corrected chi connectivity index (χ2v) is 2.61. The highest BCUT2D eigenvalue weighted by molar-refractivity contribution is 5.58. The Bertz CT molecular complexity index is 284. The molecule has 3 N–H and O–H groups in total. The van der Waals surface area contributed by atoms with Crippen molar-refractivity contribution in [1.29, 1.82) is 0 Å². The fraction of sp³-hybridized carbons (Fsp3) is 0.333. The average Bonchev–Trinajstić information content (AvgIpc) is 2.01. The van der Waals surface area contributed by atoms with E-state index in [2.05, 4.69) is 0 Å². The fourth-order valence-electron chi connectivity index (χ4n) is 1.000. The van der Waals surface area contributed by atoms with Crippen molar-refractivity contribution in [3.8, 4) is 11.5 Å². The molecule has 12 heavy (non-hydrogen) atoms. The molecule has 0 heterocycles. The molecule has 66 valence electrons. The number of phenols is 1. The normalized spacial score (nSPS) is 9.83. The van der Waals surface area contributed by atoms with Gasteiger partial charge in [0.2, 0.25) is 0 Å². The molecule has 0 fully saturated rings. The van der Waals surface area contributed by atoms with Crippen molar-refractivity contribution in [2.45, 2.75) is 13.8 Å². The van der Waals surface area contributed by atoms with Crippen LogP contribution in [-0.4, -0.2) is 11.7 Å². The molecule has 3 nitrogen and oxygen atoms in total. The van der Waals surface area contributed by atoms with E-state index in [9.17, 15) is 5.11 Å². The third kappa shape index (κ3) is 1.61. The lowest BCUT2D eigenvalue weighted by atomic mass is 10.2. The van der Waals surface area contributed by atoms with Gasteiger partial charge < -0.3 is 15.6 Å². The molecule has 1 aromatic rings. The first kappa shape index (κ1) is 8.71. The van der Waals surface area contributed by atoms with Crippen LogP contribution in [0.4, 0.5) is 5.69 Å². The molecule has 1 rings (SSSR count). The fourth-order valence-corrected chi connectivity index (χ4v) is 1.000. The van der Waals surface area contributed by atoms with Crippen LogP contribution >= 0.6 is 0 Å². The summed E-state index contributed by atoms with van der Waals surface area (Å²) in [5.74, 6) is 0.837. The summed E-state index contributed by atoms with van der Waals surface area (Å²) >= 11 is 0. The minimum atomic E-state index is 0.107. The summed E-state index contributed by atoms with van der Waals surface area (Å²) in [6.45, 7) is 4.37. The van der Waals surface area contributed by atoms with E-state index in [-0.39, 0.29) is 5.75 Å². The smallest absolute Gasteiger partial charge is 0.139 e. The number of phenolic OH excluding ortho intramolecular Hbond substituents is 1. The van der Waals surface area contributed by atoms with Gasteiger partial charge in [-0.15, -0.1) is 0 Å². The van der Waals surface area contributed by atoms with Crippen LogP contribution in [0.5, 0.6) is 11.5 Å². The Morgan fingerprint density at radius 1 is 1.50 bits per heavy atom. The van der Waals surface area contributed by atoms with Gasteiger partial charge in [0.05, 0.1) is 12.3 Å². The Balaban J connectivity index is 3.05. The average molecular weight is 167 g/mol. The van der Waals surface area contributed by atoms with Crippen LogP contribution in [0.15, 0.2) is 12.1 Å². The quantitative estimate of drug-likeness (QED) is 0.520. The van der Waals surface area contributed by atoms with Gasteiger partial charge in [0.1, 0.15) is 11.5 Å². The topological polar surface area (TPSA) is 55.5 Å². The van der Waals surface area contributed by atoms with Gasteiger partial charge in [-0.3, -0.25) is 0 Å². The van der Waals surface area contributed by atoms with Crippen LogP contribution in [0.3, 0.4) is 0 Å². The van der Waals surface area contributed by atoms with E-state index < -0.39 is 0 Å². The highest BCUT2D eigenvalue weighted by Gasteiger charge is 2.03. The standard InChI is InChI=1S/C9H13NO2/c1-3-12-9-5-7(10)8(11)4-6(9)2/h4-5,11H,3,10H2,1-2H3. The van der Waals surface area contributed by atoms with Gasteiger partial charge in [0.15, 0.2) is 0 Å². The molecule has 0 amide bonds. The summed E-state index contributed by atoms with van der Waals surface area (Å²) in [6, 6.07) is 3.23. The molecule has 0 aromatic heterocycles. The monoisotopic (exact) mass is 167 g/mol. The first-order chi connectivity index (χ1) is 5.65. The van der Waals surface area contributed by atoms with E-state index in [0.29, 0.717) is 12.3 Å². The number of benzene rings is 1. The van der Waals surface area contributed by atoms with Gasteiger partial charge in [-0.05, 0) is 25.5 Å². The lowest BCUT2D eigenvalue weighted by Crippen LogP contribution is -1.95. The van der Waals surface area contributed by atoms with Crippen LogP contribution in [0.25, 0.3) is 0 Å². The van der Waals surface area contributed by atoms with E-state index in [1.165, 1.54) is 0 Å². The van der Waals surface area contributed by atoms with Crippen molar-refractivity contribution >= 4 is 5.69 Å². The number of rotatable bonds is 2. The molecule has 0 radical (unpaired) electrons. The van der Waals surface area contributed by atoms with Crippen LogP contribution < -0.4 is 10.5 Å². The number of aromatic hydroxyl groups is 1. The molecular formula is C9H13NO2. The minimum Gasteiger partial charge on any atom is -0.506 e. The van der Waals surface area contributed by atoms with Crippen molar-refractivity contribution in [2.75, 3.05) is 12.3 Å². The molecule has 0 spiro atoms. The Labute approximate surface area is 71.8 Å². The van der Waals surface area contributed by atoms with Gasteiger partial charge >= 0.3 is 0 Å². The molecule has 0 aliphatic rings. The number of nitrogens with two attached hydrogens (primary N) is 1. The number of anilines is 1.